The predicted molar refractivity (Wildman–Crippen MR) is 77.8 cm³/mol. The van der Waals surface area contributed by atoms with E-state index >= 15 is 0 Å². The molecule has 1 aliphatic carbocycles. The second kappa shape index (κ2) is 4.57. The number of hydrogen-bond donors (Lipinski definition) is 2. The maximum atomic E-state index is 11.3. The van der Waals surface area contributed by atoms with Crippen molar-refractivity contribution in [1.29, 1.82) is 0 Å². The average molecular weight is 279 g/mol. The van der Waals surface area contributed by atoms with Crippen molar-refractivity contribution in [2.75, 3.05) is 17.2 Å². The molecule has 1 heterocycles. The van der Waals surface area contributed by atoms with Crippen molar-refractivity contribution in [3.8, 4) is 0 Å². The van der Waals surface area contributed by atoms with Crippen LogP contribution in [0.15, 0.2) is 6.33 Å². The fourth-order valence-electron chi connectivity index (χ4n) is 2.65. The van der Waals surface area contributed by atoms with E-state index in [4.69, 9.17) is 0 Å². The average Bonchev–Trinajstić information content (AvgIpc) is 2.72. The van der Waals surface area contributed by atoms with Crippen LogP contribution >= 0.6 is 0 Å². The third kappa shape index (κ3) is 2.07. The van der Waals surface area contributed by atoms with Crippen LogP contribution in [0.5, 0.6) is 0 Å². The molecule has 1 saturated carbocycles. The van der Waals surface area contributed by atoms with Gasteiger partial charge in [0.2, 0.25) is 11.6 Å². The molecule has 0 saturated heterocycles. The first-order valence-electron chi connectivity index (χ1n) is 6.73. The van der Waals surface area contributed by atoms with Crippen molar-refractivity contribution in [3.63, 3.8) is 0 Å². The molecule has 110 valence electrons. The fraction of sp³-hybridized carbons (Fsp3) is 0.692. The van der Waals surface area contributed by atoms with E-state index in [0.717, 1.165) is 0 Å². The minimum Gasteiger partial charge on any atom is -0.364 e. The molecule has 0 unspecified atom stereocenters. The van der Waals surface area contributed by atoms with Crippen molar-refractivity contribution in [1.82, 2.24) is 9.97 Å². The minimum absolute atomic E-state index is 0.0736. The summed E-state index contributed by atoms with van der Waals surface area (Å²) in [6, 6.07) is 0.151. The van der Waals surface area contributed by atoms with Crippen LogP contribution in [0.1, 0.15) is 34.6 Å². The molecule has 0 radical (unpaired) electrons. The third-order valence-electron chi connectivity index (χ3n) is 4.65. The van der Waals surface area contributed by atoms with E-state index in [2.05, 4.69) is 48.3 Å². The monoisotopic (exact) mass is 279 g/mol. The Hall–Kier alpha value is -1.92. The second-order valence-electron chi connectivity index (χ2n) is 6.23. The lowest BCUT2D eigenvalue weighted by molar-refractivity contribution is -0.383. The van der Waals surface area contributed by atoms with Crippen LogP contribution in [0.2, 0.25) is 0 Å². The summed E-state index contributed by atoms with van der Waals surface area (Å²) in [5.74, 6) is 0.538. The fourth-order valence-corrected chi connectivity index (χ4v) is 2.65. The minimum atomic E-state index is -0.442. The Kier molecular flexibility index (Phi) is 3.31. The molecule has 0 aromatic carbocycles. The molecule has 0 atom stereocenters. The molecule has 7 nitrogen and oxygen atoms in total. The highest BCUT2D eigenvalue weighted by Crippen LogP contribution is 2.64. The first-order valence-corrected chi connectivity index (χ1v) is 6.73. The van der Waals surface area contributed by atoms with E-state index in [1.807, 2.05) is 6.92 Å². The van der Waals surface area contributed by atoms with E-state index in [1.165, 1.54) is 6.33 Å². The number of aromatic nitrogens is 2. The van der Waals surface area contributed by atoms with Crippen LogP contribution in [0.3, 0.4) is 0 Å². The number of nitrogens with zero attached hydrogens (tertiary/aromatic N) is 3. The SMILES string of the molecule is CCNc1ncnc(NC2C(C)(C)C2(C)C)c1[N+](=O)[O-]. The summed E-state index contributed by atoms with van der Waals surface area (Å²) in [6.07, 6.45) is 1.34. The van der Waals surface area contributed by atoms with Crippen LogP contribution in [0.4, 0.5) is 17.3 Å². The Morgan fingerprint density at radius 3 is 2.25 bits per heavy atom. The Balaban J connectivity index is 2.34. The molecule has 0 bridgehead atoms. The normalized spacial score (nSPS) is 19.4. The van der Waals surface area contributed by atoms with E-state index in [-0.39, 0.29) is 34.2 Å². The number of anilines is 2. The molecule has 0 amide bonds. The third-order valence-corrected chi connectivity index (χ3v) is 4.65. The molecule has 2 rings (SSSR count). The van der Waals surface area contributed by atoms with Gasteiger partial charge in [-0.25, -0.2) is 9.97 Å². The summed E-state index contributed by atoms with van der Waals surface area (Å²) in [5.41, 5.74) is 0.0572. The predicted octanol–water partition coefficient (Wildman–Crippen LogP) is 2.66. The lowest BCUT2D eigenvalue weighted by Gasteiger charge is -2.10. The van der Waals surface area contributed by atoms with E-state index in [1.54, 1.807) is 0 Å². The van der Waals surface area contributed by atoms with Gasteiger partial charge >= 0.3 is 5.69 Å². The lowest BCUT2D eigenvalue weighted by Crippen LogP contribution is -2.14. The molecule has 1 aromatic heterocycles. The van der Waals surface area contributed by atoms with Gasteiger partial charge in [0.15, 0.2) is 0 Å². The van der Waals surface area contributed by atoms with Crippen LogP contribution in [0, 0.1) is 20.9 Å². The Labute approximate surface area is 118 Å². The van der Waals surface area contributed by atoms with Gasteiger partial charge in [-0.2, -0.15) is 0 Å². The number of nitro groups is 1. The van der Waals surface area contributed by atoms with Gasteiger partial charge in [0.1, 0.15) is 6.33 Å². The molecule has 7 heteroatoms. The lowest BCUT2D eigenvalue weighted by atomic mass is 10.0. The van der Waals surface area contributed by atoms with Gasteiger partial charge in [-0.15, -0.1) is 0 Å². The zero-order valence-corrected chi connectivity index (χ0v) is 12.5. The van der Waals surface area contributed by atoms with Crippen molar-refractivity contribution < 1.29 is 4.92 Å². The molecule has 0 aliphatic heterocycles. The maximum absolute atomic E-state index is 11.3. The molecular formula is C13H21N5O2. The number of hydrogen-bond acceptors (Lipinski definition) is 6. The molecule has 2 N–H and O–H groups in total. The maximum Gasteiger partial charge on any atom is 0.353 e. The highest BCUT2D eigenvalue weighted by molar-refractivity contribution is 5.70. The summed E-state index contributed by atoms with van der Waals surface area (Å²) >= 11 is 0. The zero-order chi connectivity index (χ0) is 15.1. The van der Waals surface area contributed by atoms with E-state index in [0.29, 0.717) is 6.54 Å². The summed E-state index contributed by atoms with van der Waals surface area (Å²) < 4.78 is 0. The molecule has 20 heavy (non-hydrogen) atoms. The van der Waals surface area contributed by atoms with Gasteiger partial charge in [0.25, 0.3) is 0 Å². The van der Waals surface area contributed by atoms with E-state index < -0.39 is 4.92 Å². The number of rotatable bonds is 5. The highest BCUT2D eigenvalue weighted by Gasteiger charge is 2.65. The topological polar surface area (TPSA) is 93.0 Å². The van der Waals surface area contributed by atoms with Crippen LogP contribution < -0.4 is 10.6 Å². The summed E-state index contributed by atoms with van der Waals surface area (Å²) in [7, 11) is 0. The quantitative estimate of drug-likeness (QED) is 0.635. The summed E-state index contributed by atoms with van der Waals surface area (Å²) in [4.78, 5) is 18.8. The van der Waals surface area contributed by atoms with Gasteiger partial charge < -0.3 is 10.6 Å². The zero-order valence-electron chi connectivity index (χ0n) is 12.5. The molecule has 0 spiro atoms. The summed E-state index contributed by atoms with van der Waals surface area (Å²) in [5, 5.41) is 17.4. The Bertz CT molecular complexity index is 528. The molecule has 1 fully saturated rings. The molecule has 1 aliphatic rings. The van der Waals surface area contributed by atoms with Gasteiger partial charge in [-0.1, -0.05) is 27.7 Å². The number of nitrogens with one attached hydrogen (secondary N) is 2. The van der Waals surface area contributed by atoms with Crippen molar-refractivity contribution in [2.24, 2.45) is 10.8 Å². The highest BCUT2D eigenvalue weighted by atomic mass is 16.6. The van der Waals surface area contributed by atoms with Crippen molar-refractivity contribution in [3.05, 3.63) is 16.4 Å². The van der Waals surface area contributed by atoms with Crippen molar-refractivity contribution in [2.45, 2.75) is 40.7 Å². The van der Waals surface area contributed by atoms with Crippen LogP contribution in [-0.4, -0.2) is 27.5 Å². The van der Waals surface area contributed by atoms with Gasteiger partial charge in [-0.05, 0) is 17.8 Å². The second-order valence-corrected chi connectivity index (χ2v) is 6.23. The Morgan fingerprint density at radius 1 is 1.25 bits per heavy atom. The molecular weight excluding hydrogens is 258 g/mol. The van der Waals surface area contributed by atoms with Gasteiger partial charge in [0.05, 0.1) is 4.92 Å². The first-order chi connectivity index (χ1) is 9.23. The summed E-state index contributed by atoms with van der Waals surface area (Å²) in [6.45, 7) is 11.0. The standard InChI is InChI=1S/C13H21N5O2/c1-6-14-9-8(18(19)20)10(16-7-15-9)17-11-12(2,3)13(11,4)5/h7,11H,6H2,1-5H3,(H2,14,15,16,17). The van der Waals surface area contributed by atoms with Crippen LogP contribution in [0.25, 0.3) is 0 Å². The van der Waals surface area contributed by atoms with E-state index in [9.17, 15) is 10.1 Å². The van der Waals surface area contributed by atoms with Gasteiger partial charge in [-0.3, -0.25) is 10.1 Å². The smallest absolute Gasteiger partial charge is 0.353 e. The van der Waals surface area contributed by atoms with Gasteiger partial charge in [0, 0.05) is 12.6 Å². The molecule has 1 aromatic rings. The largest absolute Gasteiger partial charge is 0.364 e. The Morgan fingerprint density at radius 2 is 1.80 bits per heavy atom. The first kappa shape index (κ1) is 14.5. The van der Waals surface area contributed by atoms with Crippen LogP contribution in [-0.2, 0) is 0 Å². The van der Waals surface area contributed by atoms with Crippen molar-refractivity contribution >= 4 is 17.3 Å².